The monoisotopic (exact) mass is 325 g/mol. The number of rotatable bonds is 8. The largest absolute Gasteiger partial charge is 0.375 e. The minimum absolute atomic E-state index is 0.314. The Balaban J connectivity index is 2.15. The maximum absolute atomic E-state index is 12.7. The fraction of sp³-hybridized carbons (Fsp3) is 0.250. The second-order valence-corrected chi connectivity index (χ2v) is 5.71. The summed E-state index contributed by atoms with van der Waals surface area (Å²) in [6.07, 6.45) is 0. The summed E-state index contributed by atoms with van der Waals surface area (Å²) in [6.45, 7) is 6.76. The van der Waals surface area contributed by atoms with Gasteiger partial charge < -0.3 is 15.2 Å². The van der Waals surface area contributed by atoms with Gasteiger partial charge in [-0.1, -0.05) is 72.8 Å². The number of carbonyl (C=O) groups is 1. The molecule has 2 aromatic carbocycles. The first-order chi connectivity index (χ1) is 11.5. The van der Waals surface area contributed by atoms with Crippen LogP contribution in [0.2, 0.25) is 0 Å². The first-order valence-corrected chi connectivity index (χ1v) is 7.89. The van der Waals surface area contributed by atoms with Gasteiger partial charge in [-0.2, -0.15) is 0 Å². The maximum atomic E-state index is 12.7. The van der Waals surface area contributed by atoms with E-state index in [1.807, 2.05) is 19.1 Å². The Bertz CT molecular complexity index is 628. The van der Waals surface area contributed by atoms with Crippen molar-refractivity contribution in [3.05, 3.63) is 83.9 Å². The van der Waals surface area contributed by atoms with Gasteiger partial charge in [0.1, 0.15) is 0 Å². The van der Waals surface area contributed by atoms with E-state index in [1.54, 1.807) is 48.5 Å². The molecule has 0 radical (unpaired) electrons. The van der Waals surface area contributed by atoms with Gasteiger partial charge in [-0.05, 0) is 18.1 Å². The van der Waals surface area contributed by atoms with Gasteiger partial charge in [0, 0.05) is 6.54 Å². The molecule has 4 heteroatoms. The molecule has 0 heterocycles. The van der Waals surface area contributed by atoms with Gasteiger partial charge in [0.05, 0.1) is 13.2 Å². The fourth-order valence-electron chi connectivity index (χ4n) is 2.40. The molecule has 2 rings (SSSR count). The van der Waals surface area contributed by atoms with Crippen molar-refractivity contribution in [2.75, 3.05) is 19.8 Å². The fourth-order valence-corrected chi connectivity index (χ4v) is 2.40. The van der Waals surface area contributed by atoms with Gasteiger partial charge in [-0.25, -0.2) is 0 Å². The summed E-state index contributed by atoms with van der Waals surface area (Å²) >= 11 is 0. The summed E-state index contributed by atoms with van der Waals surface area (Å²) < 4.78 is 5.37. The zero-order chi connectivity index (χ0) is 17.4. The third-order valence-corrected chi connectivity index (χ3v) is 3.59. The van der Waals surface area contributed by atoms with Gasteiger partial charge in [0.15, 0.2) is 5.60 Å². The summed E-state index contributed by atoms with van der Waals surface area (Å²) in [7, 11) is 0. The number of amides is 1. The van der Waals surface area contributed by atoms with Crippen LogP contribution in [0.3, 0.4) is 0 Å². The number of benzene rings is 2. The number of hydrogen-bond acceptors (Lipinski definition) is 3. The van der Waals surface area contributed by atoms with Crippen molar-refractivity contribution < 1.29 is 14.6 Å². The highest BCUT2D eigenvalue weighted by atomic mass is 16.5. The van der Waals surface area contributed by atoms with E-state index >= 15 is 0 Å². The average molecular weight is 325 g/mol. The van der Waals surface area contributed by atoms with Gasteiger partial charge in [0.2, 0.25) is 0 Å². The first-order valence-electron chi connectivity index (χ1n) is 7.89. The highest BCUT2D eigenvalue weighted by Crippen LogP contribution is 2.29. The molecule has 0 unspecified atom stereocenters. The van der Waals surface area contributed by atoms with Crippen molar-refractivity contribution in [2.45, 2.75) is 12.5 Å². The highest BCUT2D eigenvalue weighted by molar-refractivity contribution is 5.90. The molecule has 0 fully saturated rings. The quantitative estimate of drug-likeness (QED) is 0.579. The van der Waals surface area contributed by atoms with E-state index in [0.717, 1.165) is 5.57 Å². The molecular weight excluding hydrogens is 302 g/mol. The lowest BCUT2D eigenvalue weighted by Gasteiger charge is -2.28. The molecule has 0 aliphatic heterocycles. The van der Waals surface area contributed by atoms with Gasteiger partial charge in [-0.3, -0.25) is 4.79 Å². The Morgan fingerprint density at radius 1 is 1.08 bits per heavy atom. The van der Waals surface area contributed by atoms with Crippen LogP contribution in [0.4, 0.5) is 0 Å². The molecule has 4 nitrogen and oxygen atoms in total. The lowest BCUT2D eigenvalue weighted by molar-refractivity contribution is -0.136. The van der Waals surface area contributed by atoms with Crippen LogP contribution in [0.5, 0.6) is 0 Å². The van der Waals surface area contributed by atoms with Crippen LogP contribution in [0.1, 0.15) is 18.1 Å². The van der Waals surface area contributed by atoms with Crippen LogP contribution in [0.25, 0.3) is 0 Å². The van der Waals surface area contributed by atoms with E-state index in [2.05, 4.69) is 11.9 Å². The van der Waals surface area contributed by atoms with Crippen LogP contribution in [-0.4, -0.2) is 30.8 Å². The lowest BCUT2D eigenvalue weighted by Crippen LogP contribution is -2.46. The molecule has 0 aromatic heterocycles. The SMILES string of the molecule is C=C(C)COCCNC(=O)C(O)(c1ccccc1)c1ccccc1. The lowest BCUT2D eigenvalue weighted by atomic mass is 9.85. The molecule has 0 atom stereocenters. The van der Waals surface area contributed by atoms with Crippen molar-refractivity contribution in [1.82, 2.24) is 5.32 Å². The Labute approximate surface area is 142 Å². The molecule has 0 saturated carbocycles. The Morgan fingerprint density at radius 3 is 2.04 bits per heavy atom. The standard InChI is InChI=1S/C20H23NO3/c1-16(2)15-24-14-13-21-19(22)20(23,17-9-5-3-6-10-17)18-11-7-4-8-12-18/h3-12,23H,1,13-15H2,2H3,(H,21,22). The molecule has 0 saturated heterocycles. The highest BCUT2D eigenvalue weighted by Gasteiger charge is 2.39. The van der Waals surface area contributed by atoms with Crippen LogP contribution < -0.4 is 5.32 Å². The van der Waals surface area contributed by atoms with Crippen molar-refractivity contribution in [3.8, 4) is 0 Å². The molecule has 0 aliphatic rings. The average Bonchev–Trinajstić information content (AvgIpc) is 2.61. The molecule has 2 aromatic rings. The Morgan fingerprint density at radius 2 is 1.58 bits per heavy atom. The summed E-state index contributed by atoms with van der Waals surface area (Å²) in [4.78, 5) is 12.7. The van der Waals surface area contributed by atoms with E-state index in [9.17, 15) is 9.90 Å². The van der Waals surface area contributed by atoms with Crippen molar-refractivity contribution in [1.29, 1.82) is 0 Å². The zero-order valence-electron chi connectivity index (χ0n) is 13.9. The molecule has 126 valence electrons. The molecule has 24 heavy (non-hydrogen) atoms. The Kier molecular flexibility index (Phi) is 6.29. The van der Waals surface area contributed by atoms with E-state index < -0.39 is 11.5 Å². The van der Waals surface area contributed by atoms with Crippen LogP contribution >= 0.6 is 0 Å². The maximum Gasteiger partial charge on any atom is 0.261 e. The normalized spacial score (nSPS) is 11.1. The molecule has 0 spiro atoms. The van der Waals surface area contributed by atoms with E-state index in [4.69, 9.17) is 4.74 Å². The third-order valence-electron chi connectivity index (χ3n) is 3.59. The minimum Gasteiger partial charge on any atom is -0.375 e. The molecule has 1 amide bonds. The smallest absolute Gasteiger partial charge is 0.261 e. The number of nitrogens with one attached hydrogen (secondary N) is 1. The number of carbonyl (C=O) groups excluding carboxylic acids is 1. The minimum atomic E-state index is -1.74. The zero-order valence-corrected chi connectivity index (χ0v) is 13.9. The van der Waals surface area contributed by atoms with Crippen molar-refractivity contribution >= 4 is 5.91 Å². The second kappa shape index (κ2) is 8.43. The first kappa shape index (κ1) is 17.9. The summed E-state index contributed by atoms with van der Waals surface area (Å²) in [6, 6.07) is 17.8. The van der Waals surface area contributed by atoms with E-state index in [-0.39, 0.29) is 0 Å². The Hall–Kier alpha value is -2.43. The third kappa shape index (κ3) is 4.31. The number of aliphatic hydroxyl groups is 1. The molecule has 2 N–H and O–H groups in total. The van der Waals surface area contributed by atoms with Gasteiger partial charge >= 0.3 is 0 Å². The summed E-state index contributed by atoms with van der Waals surface area (Å²) in [5, 5.41) is 14.0. The van der Waals surface area contributed by atoms with Crippen LogP contribution in [-0.2, 0) is 15.1 Å². The molecule has 0 bridgehead atoms. The van der Waals surface area contributed by atoms with E-state index in [1.165, 1.54) is 0 Å². The van der Waals surface area contributed by atoms with Crippen LogP contribution in [0.15, 0.2) is 72.8 Å². The number of hydrogen-bond donors (Lipinski definition) is 2. The topological polar surface area (TPSA) is 58.6 Å². The van der Waals surface area contributed by atoms with Gasteiger partial charge in [0.25, 0.3) is 5.91 Å². The van der Waals surface area contributed by atoms with Gasteiger partial charge in [-0.15, -0.1) is 0 Å². The van der Waals surface area contributed by atoms with E-state index in [0.29, 0.717) is 30.9 Å². The second-order valence-electron chi connectivity index (χ2n) is 5.71. The summed E-state index contributed by atoms with van der Waals surface area (Å²) in [5.74, 6) is -0.473. The summed E-state index contributed by atoms with van der Waals surface area (Å²) in [5.41, 5.74) is 0.233. The van der Waals surface area contributed by atoms with Crippen molar-refractivity contribution in [2.24, 2.45) is 0 Å². The van der Waals surface area contributed by atoms with Crippen molar-refractivity contribution in [3.63, 3.8) is 0 Å². The number of ether oxygens (including phenoxy) is 1. The predicted octanol–water partition coefficient (Wildman–Crippen LogP) is 2.63. The molecule has 0 aliphatic carbocycles. The van der Waals surface area contributed by atoms with Crippen LogP contribution in [0, 0.1) is 0 Å². The molecular formula is C20H23NO3. The predicted molar refractivity (Wildman–Crippen MR) is 94.5 cm³/mol.